The Balaban J connectivity index is 1.81. The lowest BCUT2D eigenvalue weighted by atomic mass is 9.82. The minimum absolute atomic E-state index is 0.204. The zero-order valence-corrected chi connectivity index (χ0v) is 12.8. The van der Waals surface area contributed by atoms with Gasteiger partial charge in [-0.2, -0.15) is 5.10 Å². The molecule has 0 bridgehead atoms. The second kappa shape index (κ2) is 5.50. The van der Waals surface area contributed by atoms with Crippen molar-refractivity contribution in [3.8, 4) is 5.69 Å². The van der Waals surface area contributed by atoms with Crippen LogP contribution in [-0.2, 0) is 21.5 Å². The Morgan fingerprint density at radius 2 is 2.05 bits per heavy atom. The summed E-state index contributed by atoms with van der Waals surface area (Å²) < 4.78 is 13.9. The van der Waals surface area contributed by atoms with Gasteiger partial charge in [0.15, 0.2) is 6.29 Å². The Bertz CT molecular complexity index is 647. The number of hydrogen-bond donors (Lipinski definition) is 1. The molecule has 0 radical (unpaired) electrons. The summed E-state index contributed by atoms with van der Waals surface area (Å²) in [6, 6.07) is 10.3. The standard InChI is InChI=1S/C17H21N3O2/c1-21-16-11-15-14(17(22-16)7-9-18-10-8-17)12-19-20(15)13-5-3-2-4-6-13/h2-6,12,16,18H,7-11H2,1H3. The zero-order valence-electron chi connectivity index (χ0n) is 12.8. The van der Waals surface area contributed by atoms with E-state index in [1.54, 1.807) is 7.11 Å². The molecule has 1 spiro atoms. The van der Waals surface area contributed by atoms with Crippen LogP contribution in [0.2, 0.25) is 0 Å². The average Bonchev–Trinajstić information content (AvgIpc) is 3.01. The molecule has 5 heteroatoms. The van der Waals surface area contributed by atoms with Crippen molar-refractivity contribution in [3.05, 3.63) is 47.8 Å². The number of rotatable bonds is 2. The molecule has 1 N–H and O–H groups in total. The monoisotopic (exact) mass is 299 g/mol. The van der Waals surface area contributed by atoms with Gasteiger partial charge in [-0.1, -0.05) is 18.2 Å². The highest BCUT2D eigenvalue weighted by Gasteiger charge is 2.44. The molecule has 0 aliphatic carbocycles. The molecule has 3 heterocycles. The van der Waals surface area contributed by atoms with E-state index < -0.39 is 0 Å². The molecule has 2 aliphatic rings. The summed E-state index contributed by atoms with van der Waals surface area (Å²) >= 11 is 0. The SMILES string of the molecule is COC1Cc2c(cnn2-c2ccccc2)C2(CCNCC2)O1. The van der Waals surface area contributed by atoms with Crippen LogP contribution in [0.4, 0.5) is 0 Å². The maximum absolute atomic E-state index is 6.32. The van der Waals surface area contributed by atoms with Gasteiger partial charge in [-0.05, 0) is 38.1 Å². The molecule has 5 nitrogen and oxygen atoms in total. The van der Waals surface area contributed by atoms with E-state index in [4.69, 9.17) is 9.47 Å². The Morgan fingerprint density at radius 3 is 2.77 bits per heavy atom. The van der Waals surface area contributed by atoms with Gasteiger partial charge in [-0.15, -0.1) is 0 Å². The number of para-hydroxylation sites is 1. The van der Waals surface area contributed by atoms with Crippen molar-refractivity contribution in [2.45, 2.75) is 31.2 Å². The number of aromatic nitrogens is 2. The van der Waals surface area contributed by atoms with Crippen molar-refractivity contribution in [1.82, 2.24) is 15.1 Å². The normalized spacial score (nSPS) is 23.4. The van der Waals surface area contributed by atoms with E-state index in [1.807, 2.05) is 29.1 Å². The zero-order chi connectivity index (χ0) is 15.0. The van der Waals surface area contributed by atoms with Crippen LogP contribution in [0.3, 0.4) is 0 Å². The lowest BCUT2D eigenvalue weighted by Crippen LogP contribution is -2.47. The summed E-state index contributed by atoms with van der Waals surface area (Å²) in [7, 11) is 1.72. The van der Waals surface area contributed by atoms with Crippen molar-refractivity contribution in [2.24, 2.45) is 0 Å². The number of hydrogen-bond acceptors (Lipinski definition) is 4. The Hall–Kier alpha value is -1.69. The molecule has 4 rings (SSSR count). The van der Waals surface area contributed by atoms with E-state index in [0.717, 1.165) is 38.0 Å². The molecule has 22 heavy (non-hydrogen) atoms. The number of piperidine rings is 1. The van der Waals surface area contributed by atoms with Crippen molar-refractivity contribution in [1.29, 1.82) is 0 Å². The first-order chi connectivity index (χ1) is 10.8. The first-order valence-corrected chi connectivity index (χ1v) is 7.86. The average molecular weight is 299 g/mol. The summed E-state index contributed by atoms with van der Waals surface area (Å²) in [5.41, 5.74) is 3.27. The van der Waals surface area contributed by atoms with Gasteiger partial charge < -0.3 is 14.8 Å². The van der Waals surface area contributed by atoms with Crippen molar-refractivity contribution in [2.75, 3.05) is 20.2 Å². The van der Waals surface area contributed by atoms with Gasteiger partial charge in [0.05, 0.1) is 17.6 Å². The van der Waals surface area contributed by atoms with Crippen LogP contribution in [0, 0.1) is 0 Å². The van der Waals surface area contributed by atoms with Crippen molar-refractivity contribution in [3.63, 3.8) is 0 Å². The maximum Gasteiger partial charge on any atom is 0.163 e. The number of benzene rings is 1. The lowest BCUT2D eigenvalue weighted by Gasteiger charge is -2.43. The number of ether oxygens (including phenoxy) is 2. The van der Waals surface area contributed by atoms with Crippen LogP contribution in [0.15, 0.2) is 36.5 Å². The molecule has 1 fully saturated rings. The summed E-state index contributed by atoms with van der Waals surface area (Å²) in [6.07, 6.45) is 4.43. The largest absolute Gasteiger partial charge is 0.355 e. The fraction of sp³-hybridized carbons (Fsp3) is 0.471. The summed E-state index contributed by atoms with van der Waals surface area (Å²) in [5, 5.41) is 8.06. The lowest BCUT2D eigenvalue weighted by molar-refractivity contribution is -0.221. The van der Waals surface area contributed by atoms with E-state index >= 15 is 0 Å². The minimum atomic E-state index is -0.257. The molecule has 1 saturated heterocycles. The van der Waals surface area contributed by atoms with E-state index in [9.17, 15) is 0 Å². The van der Waals surface area contributed by atoms with Crippen LogP contribution < -0.4 is 5.32 Å². The van der Waals surface area contributed by atoms with E-state index in [-0.39, 0.29) is 11.9 Å². The van der Waals surface area contributed by atoms with Crippen molar-refractivity contribution < 1.29 is 9.47 Å². The number of nitrogens with zero attached hydrogens (tertiary/aromatic N) is 2. The predicted octanol–water partition coefficient (Wildman–Crippen LogP) is 2.00. The van der Waals surface area contributed by atoms with Gasteiger partial charge in [-0.25, -0.2) is 4.68 Å². The van der Waals surface area contributed by atoms with E-state index in [2.05, 4.69) is 22.5 Å². The second-order valence-corrected chi connectivity index (χ2v) is 5.98. The van der Waals surface area contributed by atoms with Gasteiger partial charge in [0.25, 0.3) is 0 Å². The molecular formula is C17H21N3O2. The van der Waals surface area contributed by atoms with Crippen LogP contribution in [-0.4, -0.2) is 36.3 Å². The van der Waals surface area contributed by atoms with E-state index in [1.165, 1.54) is 11.3 Å². The minimum Gasteiger partial charge on any atom is -0.355 e. The molecule has 1 aromatic heterocycles. The highest BCUT2D eigenvalue weighted by molar-refractivity contribution is 5.38. The smallest absolute Gasteiger partial charge is 0.163 e. The summed E-state index contributed by atoms with van der Waals surface area (Å²) in [6.45, 7) is 1.93. The summed E-state index contributed by atoms with van der Waals surface area (Å²) in [5.74, 6) is 0. The van der Waals surface area contributed by atoms with Crippen LogP contribution in [0.25, 0.3) is 5.69 Å². The molecule has 1 aromatic carbocycles. The fourth-order valence-corrected chi connectivity index (χ4v) is 3.61. The van der Waals surface area contributed by atoms with Gasteiger partial charge in [0.1, 0.15) is 5.60 Å². The molecule has 1 unspecified atom stereocenters. The first-order valence-electron chi connectivity index (χ1n) is 7.86. The van der Waals surface area contributed by atoms with Crippen LogP contribution in [0.1, 0.15) is 24.1 Å². The Labute approximate surface area is 130 Å². The number of nitrogens with one attached hydrogen (secondary N) is 1. The highest BCUT2D eigenvalue weighted by Crippen LogP contribution is 2.42. The topological polar surface area (TPSA) is 48.3 Å². The predicted molar refractivity (Wildman–Crippen MR) is 82.9 cm³/mol. The Kier molecular flexibility index (Phi) is 3.48. The third-order valence-electron chi connectivity index (χ3n) is 4.75. The summed E-state index contributed by atoms with van der Waals surface area (Å²) in [4.78, 5) is 0. The van der Waals surface area contributed by atoms with Gasteiger partial charge in [0, 0.05) is 19.1 Å². The van der Waals surface area contributed by atoms with Crippen molar-refractivity contribution >= 4 is 0 Å². The molecule has 2 aliphatic heterocycles. The van der Waals surface area contributed by atoms with Gasteiger partial charge >= 0.3 is 0 Å². The number of methoxy groups -OCH3 is 1. The second-order valence-electron chi connectivity index (χ2n) is 5.98. The van der Waals surface area contributed by atoms with E-state index in [0.29, 0.717) is 0 Å². The van der Waals surface area contributed by atoms with Crippen LogP contribution in [0.5, 0.6) is 0 Å². The Morgan fingerprint density at radius 1 is 1.27 bits per heavy atom. The quantitative estimate of drug-likeness (QED) is 0.921. The van der Waals surface area contributed by atoms with Gasteiger partial charge in [0.2, 0.25) is 0 Å². The maximum atomic E-state index is 6.32. The molecular weight excluding hydrogens is 278 g/mol. The first kappa shape index (κ1) is 13.9. The third-order valence-corrected chi connectivity index (χ3v) is 4.75. The molecule has 2 aromatic rings. The molecule has 0 amide bonds. The van der Waals surface area contributed by atoms with Gasteiger partial charge in [-0.3, -0.25) is 0 Å². The molecule has 0 saturated carbocycles. The van der Waals surface area contributed by atoms with Crippen LogP contribution >= 0.6 is 0 Å². The number of fused-ring (bicyclic) bond motifs is 2. The molecule has 1 atom stereocenters. The highest BCUT2D eigenvalue weighted by atomic mass is 16.7. The molecule has 116 valence electrons. The third kappa shape index (κ3) is 2.17. The fourth-order valence-electron chi connectivity index (χ4n) is 3.61.